The van der Waals surface area contributed by atoms with Crippen LogP contribution < -0.4 is 5.32 Å². The molecule has 0 unspecified atom stereocenters. The van der Waals surface area contributed by atoms with Crippen LogP contribution in [0.5, 0.6) is 0 Å². The summed E-state index contributed by atoms with van der Waals surface area (Å²) in [6.07, 6.45) is 5.99. The van der Waals surface area contributed by atoms with Gasteiger partial charge in [-0.05, 0) is 63.9 Å². The lowest BCUT2D eigenvalue weighted by atomic mass is 10.1. The standard InChI is InChI=1S/C15H21BrFN/c1-15(2,3)18-8-6-4-5-7-12-9-13(16)11-14(17)10-12/h4-5,9-11,18H,6-8H2,1-3H3. The summed E-state index contributed by atoms with van der Waals surface area (Å²) in [5.41, 5.74) is 1.16. The molecule has 0 saturated heterocycles. The van der Waals surface area contributed by atoms with Crippen molar-refractivity contribution in [3.8, 4) is 0 Å². The molecule has 0 atom stereocenters. The van der Waals surface area contributed by atoms with E-state index in [0.29, 0.717) is 0 Å². The molecule has 0 aliphatic heterocycles. The molecule has 0 spiro atoms. The molecule has 1 aromatic rings. The van der Waals surface area contributed by atoms with Gasteiger partial charge in [0.15, 0.2) is 0 Å². The number of rotatable bonds is 5. The predicted octanol–water partition coefficient (Wildman–Crippen LogP) is 4.47. The van der Waals surface area contributed by atoms with Crippen LogP contribution in [0.2, 0.25) is 0 Å². The van der Waals surface area contributed by atoms with Crippen LogP contribution in [-0.2, 0) is 6.42 Å². The van der Waals surface area contributed by atoms with Crippen LogP contribution >= 0.6 is 15.9 Å². The van der Waals surface area contributed by atoms with Crippen molar-refractivity contribution in [3.05, 3.63) is 46.2 Å². The van der Waals surface area contributed by atoms with E-state index in [1.807, 2.05) is 6.07 Å². The van der Waals surface area contributed by atoms with Gasteiger partial charge >= 0.3 is 0 Å². The fourth-order valence-corrected chi connectivity index (χ4v) is 2.11. The van der Waals surface area contributed by atoms with Crippen LogP contribution in [0.3, 0.4) is 0 Å². The van der Waals surface area contributed by atoms with Gasteiger partial charge in [0, 0.05) is 10.0 Å². The normalized spacial score (nSPS) is 12.3. The highest BCUT2D eigenvalue weighted by molar-refractivity contribution is 9.10. The SMILES string of the molecule is CC(C)(C)NCCC=CCc1cc(F)cc(Br)c1. The van der Waals surface area contributed by atoms with Gasteiger partial charge in [0.2, 0.25) is 0 Å². The fraction of sp³-hybridized carbons (Fsp3) is 0.467. The third-order valence-corrected chi connectivity index (χ3v) is 2.87. The fourth-order valence-electron chi connectivity index (χ4n) is 1.60. The quantitative estimate of drug-likeness (QED) is 0.625. The third kappa shape index (κ3) is 6.92. The van der Waals surface area contributed by atoms with Crippen LogP contribution in [0, 0.1) is 5.82 Å². The zero-order chi connectivity index (χ0) is 13.6. The zero-order valence-corrected chi connectivity index (χ0v) is 12.8. The van der Waals surface area contributed by atoms with Crippen LogP contribution in [0.4, 0.5) is 4.39 Å². The molecule has 3 heteroatoms. The van der Waals surface area contributed by atoms with Crippen LogP contribution in [0.1, 0.15) is 32.8 Å². The average Bonchev–Trinajstić information content (AvgIpc) is 2.20. The first-order chi connectivity index (χ1) is 8.37. The van der Waals surface area contributed by atoms with Gasteiger partial charge in [-0.3, -0.25) is 0 Å². The summed E-state index contributed by atoms with van der Waals surface area (Å²) in [6.45, 7) is 7.43. The molecular formula is C15H21BrFN. The smallest absolute Gasteiger partial charge is 0.124 e. The van der Waals surface area contributed by atoms with Gasteiger partial charge in [0.25, 0.3) is 0 Å². The van der Waals surface area contributed by atoms with Gasteiger partial charge in [-0.15, -0.1) is 0 Å². The Labute approximate surface area is 118 Å². The van der Waals surface area contributed by atoms with Gasteiger partial charge in [0.05, 0.1) is 0 Å². The molecule has 0 aromatic heterocycles. The van der Waals surface area contributed by atoms with Gasteiger partial charge < -0.3 is 5.32 Å². The second-order valence-electron chi connectivity index (χ2n) is 5.42. The summed E-state index contributed by atoms with van der Waals surface area (Å²) >= 11 is 3.29. The lowest BCUT2D eigenvalue weighted by Gasteiger charge is -2.19. The highest BCUT2D eigenvalue weighted by Gasteiger charge is 2.06. The lowest BCUT2D eigenvalue weighted by Crippen LogP contribution is -2.36. The van der Waals surface area contributed by atoms with Crippen molar-refractivity contribution < 1.29 is 4.39 Å². The van der Waals surface area contributed by atoms with E-state index in [2.05, 4.69) is 54.2 Å². The Morgan fingerprint density at radius 2 is 1.94 bits per heavy atom. The molecule has 18 heavy (non-hydrogen) atoms. The number of hydrogen-bond acceptors (Lipinski definition) is 1. The van der Waals surface area contributed by atoms with Gasteiger partial charge in [-0.1, -0.05) is 28.1 Å². The summed E-state index contributed by atoms with van der Waals surface area (Å²) in [4.78, 5) is 0. The molecular weight excluding hydrogens is 293 g/mol. The lowest BCUT2D eigenvalue weighted by molar-refractivity contribution is 0.431. The van der Waals surface area contributed by atoms with Crippen LogP contribution in [-0.4, -0.2) is 12.1 Å². The topological polar surface area (TPSA) is 12.0 Å². The molecule has 0 fully saturated rings. The van der Waals surface area contributed by atoms with Crippen molar-refractivity contribution in [2.45, 2.75) is 39.2 Å². The first-order valence-electron chi connectivity index (χ1n) is 6.22. The molecule has 0 bridgehead atoms. The molecule has 0 heterocycles. The summed E-state index contributed by atoms with van der Waals surface area (Å²) in [5.74, 6) is -0.192. The summed E-state index contributed by atoms with van der Waals surface area (Å²) in [5, 5.41) is 3.42. The Morgan fingerprint density at radius 1 is 1.22 bits per heavy atom. The van der Waals surface area contributed by atoms with E-state index < -0.39 is 0 Å². The van der Waals surface area contributed by atoms with Gasteiger partial charge in [-0.2, -0.15) is 0 Å². The molecule has 0 saturated carbocycles. The first-order valence-corrected chi connectivity index (χ1v) is 7.01. The molecule has 0 aliphatic carbocycles. The van der Waals surface area contributed by atoms with Gasteiger partial charge in [-0.25, -0.2) is 4.39 Å². The van der Waals surface area contributed by atoms with Crippen LogP contribution in [0.25, 0.3) is 0 Å². The Balaban J connectivity index is 2.32. The van der Waals surface area contributed by atoms with Crippen molar-refractivity contribution in [3.63, 3.8) is 0 Å². The average molecular weight is 314 g/mol. The number of nitrogens with one attached hydrogen (secondary N) is 1. The monoisotopic (exact) mass is 313 g/mol. The highest BCUT2D eigenvalue weighted by atomic mass is 79.9. The summed E-state index contributed by atoms with van der Waals surface area (Å²) < 4.78 is 13.9. The Bertz CT molecular complexity index is 387. The molecule has 1 aromatic carbocycles. The van der Waals surface area contributed by atoms with E-state index in [4.69, 9.17) is 0 Å². The Kier molecular flexibility index (Phi) is 6.03. The van der Waals surface area contributed by atoms with E-state index in [9.17, 15) is 4.39 Å². The minimum absolute atomic E-state index is 0.168. The minimum atomic E-state index is -0.192. The van der Waals surface area contributed by atoms with Crippen molar-refractivity contribution in [2.24, 2.45) is 0 Å². The molecule has 0 radical (unpaired) electrons. The molecule has 1 nitrogen and oxygen atoms in total. The van der Waals surface area contributed by atoms with E-state index >= 15 is 0 Å². The van der Waals surface area contributed by atoms with Crippen LogP contribution in [0.15, 0.2) is 34.8 Å². The molecule has 100 valence electrons. The number of hydrogen-bond donors (Lipinski definition) is 1. The number of halogens is 2. The van der Waals surface area contributed by atoms with E-state index in [1.165, 1.54) is 6.07 Å². The third-order valence-electron chi connectivity index (χ3n) is 2.41. The highest BCUT2D eigenvalue weighted by Crippen LogP contribution is 2.15. The van der Waals surface area contributed by atoms with E-state index in [1.54, 1.807) is 6.07 Å². The minimum Gasteiger partial charge on any atom is -0.312 e. The maximum Gasteiger partial charge on any atom is 0.124 e. The second kappa shape index (κ2) is 7.05. The van der Waals surface area contributed by atoms with Crippen molar-refractivity contribution in [1.29, 1.82) is 0 Å². The van der Waals surface area contributed by atoms with E-state index in [0.717, 1.165) is 29.4 Å². The first kappa shape index (κ1) is 15.4. The maximum absolute atomic E-state index is 13.1. The van der Waals surface area contributed by atoms with Gasteiger partial charge in [0.1, 0.15) is 5.82 Å². The van der Waals surface area contributed by atoms with Crippen molar-refractivity contribution >= 4 is 15.9 Å². The Hall–Kier alpha value is -0.670. The number of allylic oxidation sites excluding steroid dienone is 1. The zero-order valence-electron chi connectivity index (χ0n) is 11.3. The summed E-state index contributed by atoms with van der Waals surface area (Å²) in [6, 6.07) is 4.99. The summed E-state index contributed by atoms with van der Waals surface area (Å²) in [7, 11) is 0. The molecule has 1 N–H and O–H groups in total. The van der Waals surface area contributed by atoms with Crippen molar-refractivity contribution in [1.82, 2.24) is 5.32 Å². The maximum atomic E-state index is 13.1. The Morgan fingerprint density at radius 3 is 2.56 bits per heavy atom. The van der Waals surface area contributed by atoms with Crippen molar-refractivity contribution in [2.75, 3.05) is 6.54 Å². The molecule has 0 amide bonds. The van der Waals surface area contributed by atoms with E-state index in [-0.39, 0.29) is 11.4 Å². The predicted molar refractivity (Wildman–Crippen MR) is 79.3 cm³/mol. The second-order valence-corrected chi connectivity index (χ2v) is 6.33. The number of benzene rings is 1. The molecule has 1 rings (SSSR count). The largest absolute Gasteiger partial charge is 0.312 e. The molecule has 0 aliphatic rings.